The van der Waals surface area contributed by atoms with E-state index < -0.39 is 0 Å². The quantitative estimate of drug-likeness (QED) is 0.573. The predicted molar refractivity (Wildman–Crippen MR) is 105 cm³/mol. The highest BCUT2D eigenvalue weighted by Gasteiger charge is 2.26. The van der Waals surface area contributed by atoms with Crippen LogP contribution in [0.1, 0.15) is 28.8 Å². The summed E-state index contributed by atoms with van der Waals surface area (Å²) in [6.07, 6.45) is 3.67. The Labute approximate surface area is 161 Å². The monoisotopic (exact) mass is 378 g/mol. The molecule has 1 amide bonds. The van der Waals surface area contributed by atoms with Crippen LogP contribution in [0.15, 0.2) is 36.7 Å². The van der Waals surface area contributed by atoms with Crippen molar-refractivity contribution in [2.45, 2.75) is 25.4 Å². The molecule has 7 nitrogen and oxygen atoms in total. The maximum absolute atomic E-state index is 12.3. The van der Waals surface area contributed by atoms with Crippen molar-refractivity contribution in [3.63, 3.8) is 0 Å². The number of fused-ring (bicyclic) bond motifs is 1. The lowest BCUT2D eigenvalue weighted by Gasteiger charge is -2.13. The van der Waals surface area contributed by atoms with E-state index in [2.05, 4.69) is 26.7 Å². The number of nitrogens with one attached hydrogen (secondary N) is 3. The van der Waals surface area contributed by atoms with E-state index in [-0.39, 0.29) is 5.91 Å². The number of aromatic nitrogens is 3. The fourth-order valence-electron chi connectivity index (χ4n) is 3.07. The Hall–Kier alpha value is -3.18. The SMILES string of the molecule is N#Cc1c(NC2CC2)n(CCNC(=O)c2ccccc2)c2c(=S)nc[nH]c12. The van der Waals surface area contributed by atoms with E-state index in [1.165, 1.54) is 6.33 Å². The molecule has 27 heavy (non-hydrogen) atoms. The molecule has 1 aliphatic rings. The van der Waals surface area contributed by atoms with Crippen molar-refractivity contribution >= 4 is 35.0 Å². The molecule has 3 N–H and O–H groups in total. The number of H-pyrrole nitrogens is 1. The standard InChI is InChI=1S/C19H18N6OS/c20-10-14-15-16(19(27)23-11-22-15)25(17(14)24-13-6-7-13)9-8-21-18(26)12-4-2-1-3-5-12/h1-5,11,13,24H,6-9H2,(H,21,26)(H,22,23,27). The number of hydrogen-bond acceptors (Lipinski definition) is 5. The maximum atomic E-state index is 12.3. The van der Waals surface area contributed by atoms with Gasteiger partial charge in [-0.15, -0.1) is 0 Å². The molecule has 0 bridgehead atoms. The fourth-order valence-corrected chi connectivity index (χ4v) is 3.34. The summed E-state index contributed by atoms with van der Waals surface area (Å²) in [5.74, 6) is 0.604. The summed E-state index contributed by atoms with van der Waals surface area (Å²) in [5, 5.41) is 16.0. The molecule has 1 fully saturated rings. The van der Waals surface area contributed by atoms with E-state index in [0.29, 0.717) is 45.9 Å². The van der Waals surface area contributed by atoms with Crippen molar-refractivity contribution in [3.8, 4) is 6.07 Å². The highest BCUT2D eigenvalue weighted by molar-refractivity contribution is 7.71. The third kappa shape index (κ3) is 3.41. The van der Waals surface area contributed by atoms with Crippen LogP contribution >= 0.6 is 12.2 Å². The molecular formula is C19H18N6OS. The van der Waals surface area contributed by atoms with E-state index in [9.17, 15) is 10.1 Å². The molecule has 3 aromatic rings. The molecule has 0 aliphatic heterocycles. The lowest BCUT2D eigenvalue weighted by molar-refractivity contribution is 0.0952. The van der Waals surface area contributed by atoms with E-state index in [1.54, 1.807) is 12.1 Å². The predicted octanol–water partition coefficient (Wildman–Crippen LogP) is 2.97. The zero-order chi connectivity index (χ0) is 18.8. The second kappa shape index (κ2) is 7.21. The Balaban J connectivity index is 1.63. The van der Waals surface area contributed by atoms with Crippen molar-refractivity contribution in [3.05, 3.63) is 52.4 Å². The summed E-state index contributed by atoms with van der Waals surface area (Å²) in [4.78, 5) is 19.5. The number of aromatic amines is 1. The van der Waals surface area contributed by atoms with Crippen LogP contribution in [0.2, 0.25) is 0 Å². The molecule has 1 aliphatic carbocycles. The Morgan fingerprint density at radius 2 is 2.15 bits per heavy atom. The van der Waals surface area contributed by atoms with Crippen LogP contribution in [-0.2, 0) is 6.54 Å². The van der Waals surface area contributed by atoms with Crippen molar-refractivity contribution in [1.29, 1.82) is 5.26 Å². The smallest absolute Gasteiger partial charge is 0.251 e. The Kier molecular flexibility index (Phi) is 4.60. The van der Waals surface area contributed by atoms with Gasteiger partial charge in [-0.05, 0) is 25.0 Å². The minimum atomic E-state index is -0.132. The Bertz CT molecular complexity index is 1090. The number of benzene rings is 1. The molecule has 0 unspecified atom stereocenters. The molecule has 0 radical (unpaired) electrons. The number of amides is 1. The third-order valence-corrected chi connectivity index (χ3v) is 4.84. The molecule has 1 saturated carbocycles. The van der Waals surface area contributed by atoms with Crippen LogP contribution in [0.25, 0.3) is 11.0 Å². The van der Waals surface area contributed by atoms with Gasteiger partial charge in [0.25, 0.3) is 5.91 Å². The summed E-state index contributed by atoms with van der Waals surface area (Å²) < 4.78 is 2.38. The third-order valence-electron chi connectivity index (χ3n) is 4.54. The minimum absolute atomic E-state index is 0.132. The number of carbonyl (C=O) groups excluding carboxylic acids is 1. The zero-order valence-corrected chi connectivity index (χ0v) is 15.3. The lowest BCUT2D eigenvalue weighted by Crippen LogP contribution is -2.27. The number of carbonyl (C=O) groups is 1. The van der Waals surface area contributed by atoms with Gasteiger partial charge < -0.3 is 20.2 Å². The summed E-state index contributed by atoms with van der Waals surface area (Å²) in [5.41, 5.74) is 2.53. The first-order valence-electron chi connectivity index (χ1n) is 8.79. The van der Waals surface area contributed by atoms with Gasteiger partial charge in [-0.3, -0.25) is 4.79 Å². The Morgan fingerprint density at radius 1 is 1.37 bits per heavy atom. The van der Waals surface area contributed by atoms with Crippen LogP contribution in [0.4, 0.5) is 5.82 Å². The minimum Gasteiger partial charge on any atom is -0.368 e. The normalized spacial score (nSPS) is 13.3. The average molecular weight is 378 g/mol. The van der Waals surface area contributed by atoms with Crippen LogP contribution in [0.5, 0.6) is 0 Å². The Morgan fingerprint density at radius 3 is 2.85 bits per heavy atom. The number of anilines is 1. The van der Waals surface area contributed by atoms with Crippen molar-refractivity contribution < 1.29 is 4.79 Å². The second-order valence-corrected chi connectivity index (χ2v) is 6.85. The number of rotatable bonds is 6. The van der Waals surface area contributed by atoms with Gasteiger partial charge in [0.2, 0.25) is 0 Å². The first-order valence-corrected chi connectivity index (χ1v) is 9.19. The summed E-state index contributed by atoms with van der Waals surface area (Å²) in [7, 11) is 0. The number of hydrogen-bond donors (Lipinski definition) is 3. The largest absolute Gasteiger partial charge is 0.368 e. The second-order valence-electron chi connectivity index (χ2n) is 6.46. The average Bonchev–Trinajstić information content (AvgIpc) is 3.45. The van der Waals surface area contributed by atoms with E-state index in [0.717, 1.165) is 18.7 Å². The number of nitriles is 1. The zero-order valence-electron chi connectivity index (χ0n) is 14.5. The van der Waals surface area contributed by atoms with Gasteiger partial charge in [0.1, 0.15) is 23.0 Å². The highest BCUT2D eigenvalue weighted by atomic mass is 32.1. The van der Waals surface area contributed by atoms with Gasteiger partial charge in [0, 0.05) is 24.7 Å². The highest BCUT2D eigenvalue weighted by Crippen LogP contribution is 2.32. The van der Waals surface area contributed by atoms with Gasteiger partial charge in [-0.1, -0.05) is 30.4 Å². The summed E-state index contributed by atoms with van der Waals surface area (Å²) >= 11 is 5.39. The summed E-state index contributed by atoms with van der Waals surface area (Å²) in [6.45, 7) is 0.889. The fraction of sp³-hybridized carbons (Fsp3) is 0.263. The van der Waals surface area contributed by atoms with Gasteiger partial charge >= 0.3 is 0 Å². The first kappa shape index (κ1) is 17.2. The molecule has 0 spiro atoms. The van der Waals surface area contributed by atoms with Crippen molar-refractivity contribution in [2.75, 3.05) is 11.9 Å². The number of nitrogens with zero attached hydrogens (tertiary/aromatic N) is 3. The molecule has 136 valence electrons. The maximum Gasteiger partial charge on any atom is 0.251 e. The van der Waals surface area contributed by atoms with Gasteiger partial charge in [-0.2, -0.15) is 5.26 Å². The molecular weight excluding hydrogens is 360 g/mol. The topological polar surface area (TPSA) is 98.5 Å². The molecule has 1 aromatic carbocycles. The van der Waals surface area contributed by atoms with E-state index in [4.69, 9.17) is 12.2 Å². The molecule has 2 heterocycles. The molecule has 4 rings (SSSR count). The molecule has 0 saturated heterocycles. The first-order chi connectivity index (χ1) is 13.2. The van der Waals surface area contributed by atoms with Gasteiger partial charge in [0.15, 0.2) is 4.64 Å². The van der Waals surface area contributed by atoms with E-state index >= 15 is 0 Å². The molecule has 2 aromatic heterocycles. The van der Waals surface area contributed by atoms with Crippen LogP contribution in [0.3, 0.4) is 0 Å². The van der Waals surface area contributed by atoms with Crippen LogP contribution in [-0.4, -0.2) is 33.0 Å². The van der Waals surface area contributed by atoms with Gasteiger partial charge in [0.05, 0.1) is 11.8 Å². The van der Waals surface area contributed by atoms with E-state index in [1.807, 2.05) is 22.8 Å². The molecule has 8 heteroatoms. The molecule has 0 atom stereocenters. The van der Waals surface area contributed by atoms with Crippen molar-refractivity contribution in [1.82, 2.24) is 19.9 Å². The van der Waals surface area contributed by atoms with Crippen LogP contribution in [0, 0.1) is 16.0 Å². The van der Waals surface area contributed by atoms with Crippen LogP contribution < -0.4 is 10.6 Å². The lowest BCUT2D eigenvalue weighted by atomic mass is 10.2. The summed E-state index contributed by atoms with van der Waals surface area (Å²) in [6, 6.07) is 11.7. The van der Waals surface area contributed by atoms with Crippen molar-refractivity contribution in [2.24, 2.45) is 0 Å². The van der Waals surface area contributed by atoms with Gasteiger partial charge in [-0.25, -0.2) is 4.98 Å².